The van der Waals surface area contributed by atoms with Crippen LogP contribution in [0.25, 0.3) is 33.5 Å². The molecule has 0 atom stereocenters. The molecular weight excluding hydrogens is 414 g/mol. The van der Waals surface area contributed by atoms with Gasteiger partial charge >= 0.3 is 5.76 Å². The average Bonchev–Trinajstić information content (AvgIpc) is 3.19. The quantitative estimate of drug-likeness (QED) is 0.400. The molecule has 152 valence electrons. The van der Waals surface area contributed by atoms with Crippen LogP contribution in [0.5, 0.6) is 5.75 Å². The summed E-state index contributed by atoms with van der Waals surface area (Å²) in [6, 6.07) is 20.7. The van der Waals surface area contributed by atoms with Crippen molar-refractivity contribution in [2.75, 3.05) is 0 Å². The van der Waals surface area contributed by atoms with Gasteiger partial charge in [0.15, 0.2) is 5.76 Å². The Labute approximate surface area is 182 Å². The third-order valence-corrected chi connectivity index (χ3v) is 5.16. The summed E-state index contributed by atoms with van der Waals surface area (Å²) >= 11 is 6.52. The summed E-state index contributed by atoms with van der Waals surface area (Å²) in [4.78, 5) is 23.2. The molecular formula is C24H16ClN3O3. The van der Waals surface area contributed by atoms with E-state index in [1.54, 1.807) is 42.7 Å². The van der Waals surface area contributed by atoms with Gasteiger partial charge in [-0.3, -0.25) is 9.97 Å². The van der Waals surface area contributed by atoms with E-state index in [1.807, 2.05) is 36.4 Å². The standard InChI is InChI=1S/C24H16ClN3O3/c25-20-13-18(30-14-17-6-5-15-3-1-2-4-21(15)27-17)7-8-19(20)22-23(31-24(29)28-22)16-9-11-26-12-10-16/h1-13H,14H2,(H,28,29). The number of oxazole rings is 1. The number of aromatic amines is 1. The molecule has 2 aromatic carbocycles. The lowest BCUT2D eigenvalue weighted by Gasteiger charge is -2.09. The molecule has 0 saturated heterocycles. The fraction of sp³-hybridized carbons (Fsp3) is 0.0417. The van der Waals surface area contributed by atoms with E-state index in [9.17, 15) is 4.79 Å². The van der Waals surface area contributed by atoms with Crippen LogP contribution in [0.2, 0.25) is 5.02 Å². The van der Waals surface area contributed by atoms with Crippen molar-refractivity contribution in [1.82, 2.24) is 15.0 Å². The highest BCUT2D eigenvalue weighted by Gasteiger charge is 2.17. The summed E-state index contributed by atoms with van der Waals surface area (Å²) in [7, 11) is 0. The lowest BCUT2D eigenvalue weighted by Crippen LogP contribution is -1.99. The SMILES string of the molecule is O=c1[nH]c(-c2ccc(OCc3ccc4ccccc4n3)cc2Cl)c(-c2ccncc2)o1. The zero-order chi connectivity index (χ0) is 21.2. The molecule has 0 fully saturated rings. The van der Waals surface area contributed by atoms with Gasteiger partial charge in [-0.15, -0.1) is 0 Å². The van der Waals surface area contributed by atoms with Crippen molar-refractivity contribution < 1.29 is 9.15 Å². The second kappa shape index (κ2) is 8.08. The first kappa shape index (κ1) is 19.1. The molecule has 0 unspecified atom stereocenters. The number of halogens is 1. The zero-order valence-electron chi connectivity index (χ0n) is 16.2. The fourth-order valence-electron chi connectivity index (χ4n) is 3.36. The Kier molecular flexibility index (Phi) is 4.98. The molecule has 5 rings (SSSR count). The van der Waals surface area contributed by atoms with E-state index in [-0.39, 0.29) is 0 Å². The number of rotatable bonds is 5. The van der Waals surface area contributed by atoms with E-state index in [2.05, 4.69) is 15.0 Å². The van der Waals surface area contributed by atoms with E-state index in [0.717, 1.165) is 22.2 Å². The molecule has 0 aliphatic rings. The smallest absolute Gasteiger partial charge is 0.417 e. The first-order chi connectivity index (χ1) is 15.2. The highest BCUT2D eigenvalue weighted by atomic mass is 35.5. The van der Waals surface area contributed by atoms with E-state index < -0.39 is 5.76 Å². The van der Waals surface area contributed by atoms with Crippen LogP contribution in [0.3, 0.4) is 0 Å². The van der Waals surface area contributed by atoms with Gasteiger partial charge in [0.05, 0.1) is 21.9 Å². The van der Waals surface area contributed by atoms with Crippen molar-refractivity contribution in [3.05, 3.63) is 100 Å². The van der Waals surface area contributed by atoms with E-state index in [1.165, 1.54) is 0 Å². The second-order valence-electron chi connectivity index (χ2n) is 6.88. The van der Waals surface area contributed by atoms with Gasteiger partial charge in [-0.05, 0) is 42.5 Å². The number of ether oxygens (including phenoxy) is 1. The second-order valence-corrected chi connectivity index (χ2v) is 7.29. The highest BCUT2D eigenvalue weighted by molar-refractivity contribution is 6.33. The van der Waals surface area contributed by atoms with Crippen molar-refractivity contribution in [2.24, 2.45) is 0 Å². The largest absolute Gasteiger partial charge is 0.487 e. The molecule has 6 nitrogen and oxygen atoms in total. The van der Waals surface area contributed by atoms with Gasteiger partial charge in [-0.1, -0.05) is 35.9 Å². The first-order valence-corrected chi connectivity index (χ1v) is 9.96. The van der Waals surface area contributed by atoms with Crippen LogP contribution < -0.4 is 10.5 Å². The molecule has 0 aliphatic heterocycles. The number of pyridine rings is 2. The number of hydrogen-bond acceptors (Lipinski definition) is 5. The third kappa shape index (κ3) is 3.93. The average molecular weight is 430 g/mol. The summed E-state index contributed by atoms with van der Waals surface area (Å²) in [5.41, 5.74) is 3.60. The summed E-state index contributed by atoms with van der Waals surface area (Å²) in [6.07, 6.45) is 3.26. The molecule has 0 radical (unpaired) electrons. The molecule has 0 bridgehead atoms. The van der Waals surface area contributed by atoms with Crippen LogP contribution in [-0.4, -0.2) is 15.0 Å². The lowest BCUT2D eigenvalue weighted by molar-refractivity contribution is 0.302. The van der Waals surface area contributed by atoms with Crippen molar-refractivity contribution in [2.45, 2.75) is 6.61 Å². The van der Waals surface area contributed by atoms with Gasteiger partial charge < -0.3 is 9.15 Å². The normalized spacial score (nSPS) is 11.0. The van der Waals surface area contributed by atoms with Gasteiger partial charge in [-0.2, -0.15) is 0 Å². The monoisotopic (exact) mass is 429 g/mol. The number of para-hydroxylation sites is 1. The van der Waals surface area contributed by atoms with Crippen molar-refractivity contribution in [3.8, 4) is 28.3 Å². The maximum Gasteiger partial charge on any atom is 0.417 e. The molecule has 0 saturated carbocycles. The first-order valence-electron chi connectivity index (χ1n) is 9.58. The molecule has 5 aromatic rings. The Balaban J connectivity index is 1.40. The Bertz CT molecular complexity index is 1430. The topological polar surface area (TPSA) is 81.0 Å². The highest BCUT2D eigenvalue weighted by Crippen LogP contribution is 2.35. The fourth-order valence-corrected chi connectivity index (χ4v) is 3.62. The molecule has 3 heterocycles. The van der Waals surface area contributed by atoms with Crippen LogP contribution in [0, 0.1) is 0 Å². The van der Waals surface area contributed by atoms with Crippen LogP contribution in [0.15, 0.2) is 88.3 Å². The summed E-state index contributed by atoms with van der Waals surface area (Å²) in [6.45, 7) is 0.311. The summed E-state index contributed by atoms with van der Waals surface area (Å²) in [5.74, 6) is 0.448. The Morgan fingerprint density at radius 1 is 1.00 bits per heavy atom. The minimum atomic E-state index is -0.555. The minimum Gasteiger partial charge on any atom is -0.487 e. The van der Waals surface area contributed by atoms with Crippen LogP contribution in [0.4, 0.5) is 0 Å². The predicted molar refractivity (Wildman–Crippen MR) is 119 cm³/mol. The van der Waals surface area contributed by atoms with Crippen LogP contribution in [0.1, 0.15) is 5.69 Å². The molecule has 1 N–H and O–H groups in total. The number of nitrogens with one attached hydrogen (secondary N) is 1. The third-order valence-electron chi connectivity index (χ3n) is 4.84. The number of fused-ring (bicyclic) bond motifs is 1. The molecule has 3 aromatic heterocycles. The molecule has 0 spiro atoms. The van der Waals surface area contributed by atoms with E-state index in [4.69, 9.17) is 20.8 Å². The molecule has 7 heteroatoms. The summed E-state index contributed by atoms with van der Waals surface area (Å²) < 4.78 is 11.2. The van der Waals surface area contributed by atoms with Gasteiger partial charge in [0.1, 0.15) is 12.4 Å². The zero-order valence-corrected chi connectivity index (χ0v) is 17.0. The van der Waals surface area contributed by atoms with Crippen molar-refractivity contribution in [1.29, 1.82) is 0 Å². The maximum absolute atomic E-state index is 11.9. The molecule has 31 heavy (non-hydrogen) atoms. The predicted octanol–water partition coefficient (Wildman–Crippen LogP) is 5.48. The Morgan fingerprint density at radius 3 is 2.68 bits per heavy atom. The number of nitrogens with zero attached hydrogens (tertiary/aromatic N) is 2. The molecule has 0 aliphatic carbocycles. The van der Waals surface area contributed by atoms with Gasteiger partial charge in [0.25, 0.3) is 0 Å². The Morgan fingerprint density at radius 2 is 1.84 bits per heavy atom. The summed E-state index contributed by atoms with van der Waals surface area (Å²) in [5, 5.41) is 1.51. The van der Waals surface area contributed by atoms with Crippen LogP contribution in [-0.2, 0) is 6.61 Å². The van der Waals surface area contributed by atoms with Crippen molar-refractivity contribution >= 4 is 22.5 Å². The number of H-pyrrole nitrogens is 1. The van der Waals surface area contributed by atoms with Gasteiger partial charge in [0, 0.05) is 28.9 Å². The van der Waals surface area contributed by atoms with Gasteiger partial charge in [-0.25, -0.2) is 9.78 Å². The minimum absolute atomic E-state index is 0.311. The number of benzene rings is 2. The lowest BCUT2D eigenvalue weighted by atomic mass is 10.1. The van der Waals surface area contributed by atoms with E-state index in [0.29, 0.717) is 34.4 Å². The van der Waals surface area contributed by atoms with Gasteiger partial charge in [0.2, 0.25) is 0 Å². The number of aromatic nitrogens is 3. The van der Waals surface area contributed by atoms with Crippen LogP contribution >= 0.6 is 11.6 Å². The maximum atomic E-state index is 11.9. The number of hydrogen-bond donors (Lipinski definition) is 1. The Hall–Kier alpha value is -3.90. The van der Waals surface area contributed by atoms with E-state index >= 15 is 0 Å². The molecule has 0 amide bonds. The van der Waals surface area contributed by atoms with Crippen molar-refractivity contribution in [3.63, 3.8) is 0 Å².